The van der Waals surface area contributed by atoms with Crippen molar-refractivity contribution in [2.75, 3.05) is 16.8 Å². The topological polar surface area (TPSA) is 94.4 Å². The van der Waals surface area contributed by atoms with E-state index in [1.807, 2.05) is 32.0 Å². The average Bonchev–Trinajstić information content (AvgIpc) is 3.18. The maximum Gasteiger partial charge on any atom is 0.263 e. The van der Waals surface area contributed by atoms with Crippen LogP contribution in [0.3, 0.4) is 0 Å². The van der Waals surface area contributed by atoms with Crippen LogP contribution >= 0.6 is 0 Å². The maximum atomic E-state index is 12.9. The Hall–Kier alpha value is -3.55. The summed E-state index contributed by atoms with van der Waals surface area (Å²) in [5.41, 5.74) is 3.23. The van der Waals surface area contributed by atoms with E-state index in [9.17, 15) is 14.4 Å². The summed E-state index contributed by atoms with van der Waals surface area (Å²) >= 11 is 0. The van der Waals surface area contributed by atoms with Crippen molar-refractivity contribution < 1.29 is 14.4 Å². The molecule has 1 saturated heterocycles. The van der Waals surface area contributed by atoms with Gasteiger partial charge in [-0.2, -0.15) is 5.11 Å². The van der Waals surface area contributed by atoms with E-state index < -0.39 is 23.9 Å². The summed E-state index contributed by atoms with van der Waals surface area (Å²) in [6.07, 6.45) is 0. The molecule has 0 saturated carbocycles. The molecular formula is C20H19N5O3. The minimum Gasteiger partial charge on any atom is -0.324 e. The van der Waals surface area contributed by atoms with Gasteiger partial charge in [0.25, 0.3) is 11.8 Å². The van der Waals surface area contributed by atoms with Crippen LogP contribution in [0.5, 0.6) is 0 Å². The lowest BCUT2D eigenvalue weighted by Gasteiger charge is -2.20. The van der Waals surface area contributed by atoms with Crippen molar-refractivity contribution in [2.24, 2.45) is 10.3 Å². The smallest absolute Gasteiger partial charge is 0.263 e. The zero-order valence-corrected chi connectivity index (χ0v) is 15.5. The Balaban J connectivity index is 1.48. The molecule has 2 unspecified atom stereocenters. The Morgan fingerprint density at radius 3 is 2.54 bits per heavy atom. The molecule has 2 aliphatic rings. The van der Waals surface area contributed by atoms with E-state index in [0.717, 1.165) is 16.0 Å². The second-order valence-electron chi connectivity index (χ2n) is 6.91. The van der Waals surface area contributed by atoms with Crippen LogP contribution < -0.4 is 10.2 Å². The van der Waals surface area contributed by atoms with E-state index in [4.69, 9.17) is 0 Å². The highest BCUT2D eigenvalue weighted by atomic mass is 16.2. The van der Waals surface area contributed by atoms with Crippen LogP contribution in [0.1, 0.15) is 11.1 Å². The number of benzene rings is 2. The molecule has 1 N–H and O–H groups in total. The van der Waals surface area contributed by atoms with Crippen LogP contribution in [0.2, 0.25) is 0 Å². The molecule has 2 aromatic carbocycles. The van der Waals surface area contributed by atoms with Gasteiger partial charge in [-0.05, 0) is 37.6 Å². The van der Waals surface area contributed by atoms with Gasteiger partial charge in [-0.3, -0.25) is 19.4 Å². The molecule has 2 atom stereocenters. The normalized spacial score (nSPS) is 20.6. The van der Waals surface area contributed by atoms with Gasteiger partial charge in [0.1, 0.15) is 6.54 Å². The first kappa shape index (κ1) is 17.8. The lowest BCUT2D eigenvalue weighted by Crippen LogP contribution is -2.43. The first-order valence-corrected chi connectivity index (χ1v) is 8.93. The van der Waals surface area contributed by atoms with Gasteiger partial charge < -0.3 is 5.32 Å². The molecule has 8 nitrogen and oxygen atoms in total. The molecular weight excluding hydrogens is 358 g/mol. The van der Waals surface area contributed by atoms with Crippen molar-refractivity contribution in [1.29, 1.82) is 0 Å². The van der Waals surface area contributed by atoms with Crippen LogP contribution in [0.25, 0.3) is 0 Å². The second-order valence-corrected chi connectivity index (χ2v) is 6.91. The predicted molar refractivity (Wildman–Crippen MR) is 103 cm³/mol. The summed E-state index contributed by atoms with van der Waals surface area (Å²) < 4.78 is 0. The summed E-state index contributed by atoms with van der Waals surface area (Å²) in [5, 5.41) is 11.9. The van der Waals surface area contributed by atoms with E-state index in [1.54, 1.807) is 30.3 Å². The van der Waals surface area contributed by atoms with Crippen molar-refractivity contribution in [3.63, 3.8) is 0 Å². The fourth-order valence-electron chi connectivity index (χ4n) is 3.48. The Bertz CT molecular complexity index is 989. The summed E-state index contributed by atoms with van der Waals surface area (Å²) in [6, 6.07) is 12.6. The highest BCUT2D eigenvalue weighted by Crippen LogP contribution is 2.31. The summed E-state index contributed by atoms with van der Waals surface area (Å²) in [6.45, 7) is 3.72. The van der Waals surface area contributed by atoms with Gasteiger partial charge in [0.15, 0.2) is 12.1 Å². The number of carbonyl (C=O) groups excluding carboxylic acids is 3. The van der Waals surface area contributed by atoms with E-state index in [0.29, 0.717) is 11.4 Å². The van der Waals surface area contributed by atoms with Gasteiger partial charge in [0.2, 0.25) is 5.91 Å². The average molecular weight is 377 g/mol. The van der Waals surface area contributed by atoms with Crippen molar-refractivity contribution in [2.45, 2.75) is 25.9 Å². The number of nitrogens with one attached hydrogen (secondary N) is 1. The second kappa shape index (κ2) is 6.88. The Labute approximate surface area is 161 Å². The zero-order chi connectivity index (χ0) is 19.8. The van der Waals surface area contributed by atoms with Crippen LogP contribution in [0.4, 0.5) is 11.4 Å². The molecule has 0 aromatic heterocycles. The molecule has 0 bridgehead atoms. The van der Waals surface area contributed by atoms with E-state index in [-0.39, 0.29) is 12.5 Å². The van der Waals surface area contributed by atoms with Gasteiger partial charge in [-0.25, -0.2) is 4.90 Å². The Kier molecular flexibility index (Phi) is 4.38. The fraction of sp³-hybridized carbons (Fsp3) is 0.250. The number of amides is 3. The first-order valence-electron chi connectivity index (χ1n) is 8.93. The molecule has 28 heavy (non-hydrogen) atoms. The monoisotopic (exact) mass is 377 g/mol. The van der Waals surface area contributed by atoms with Gasteiger partial charge in [0.05, 0.1) is 5.69 Å². The molecule has 2 aliphatic heterocycles. The Morgan fingerprint density at radius 2 is 1.82 bits per heavy atom. The lowest BCUT2D eigenvalue weighted by atomic mass is 10.1. The summed E-state index contributed by atoms with van der Waals surface area (Å²) in [5.74, 6) is -1.18. The third kappa shape index (κ3) is 3.02. The molecule has 0 radical (unpaired) electrons. The third-order valence-electron chi connectivity index (χ3n) is 4.83. The van der Waals surface area contributed by atoms with Gasteiger partial charge in [-0.1, -0.05) is 41.1 Å². The summed E-state index contributed by atoms with van der Waals surface area (Å²) in [4.78, 5) is 39.1. The molecule has 2 heterocycles. The number of hydrogen-bond acceptors (Lipinski definition) is 6. The highest BCUT2D eigenvalue weighted by molar-refractivity contribution is 6.25. The van der Waals surface area contributed by atoms with Crippen LogP contribution in [0, 0.1) is 13.8 Å². The van der Waals surface area contributed by atoms with Gasteiger partial charge in [-0.15, -0.1) is 0 Å². The molecule has 8 heteroatoms. The quantitative estimate of drug-likeness (QED) is 0.827. The number of imide groups is 1. The number of fused-ring (bicyclic) bond motifs is 1. The lowest BCUT2D eigenvalue weighted by molar-refractivity contribution is -0.123. The number of aryl methyl sites for hydroxylation is 2. The molecule has 2 aromatic rings. The number of rotatable bonds is 4. The van der Waals surface area contributed by atoms with Crippen molar-refractivity contribution >= 4 is 29.1 Å². The fourth-order valence-corrected chi connectivity index (χ4v) is 3.48. The maximum absolute atomic E-state index is 12.9. The molecule has 0 aliphatic carbocycles. The molecule has 1 fully saturated rings. The first-order chi connectivity index (χ1) is 13.5. The SMILES string of the molecule is Cc1ccc(NC(=O)CN2N=NC3C(=O)N(c4ccccc4)C(=O)C32)c(C)c1. The molecule has 3 amide bonds. The van der Waals surface area contributed by atoms with Gasteiger partial charge >= 0.3 is 0 Å². The van der Waals surface area contributed by atoms with E-state index in [1.165, 1.54) is 5.01 Å². The largest absolute Gasteiger partial charge is 0.324 e. The van der Waals surface area contributed by atoms with Crippen molar-refractivity contribution in [1.82, 2.24) is 5.01 Å². The number of carbonyl (C=O) groups is 3. The highest BCUT2D eigenvalue weighted by Gasteiger charge is 2.55. The molecule has 142 valence electrons. The van der Waals surface area contributed by atoms with Crippen LogP contribution in [0.15, 0.2) is 58.9 Å². The molecule has 4 rings (SSSR count). The number of nitrogens with zero attached hydrogens (tertiary/aromatic N) is 4. The third-order valence-corrected chi connectivity index (χ3v) is 4.83. The minimum atomic E-state index is -0.915. The Morgan fingerprint density at radius 1 is 1.07 bits per heavy atom. The van der Waals surface area contributed by atoms with Crippen molar-refractivity contribution in [3.05, 3.63) is 59.7 Å². The summed E-state index contributed by atoms with van der Waals surface area (Å²) in [7, 11) is 0. The van der Waals surface area contributed by atoms with Crippen molar-refractivity contribution in [3.8, 4) is 0 Å². The number of hydrogen-bond donors (Lipinski definition) is 1. The number of para-hydroxylation sites is 1. The molecule has 0 spiro atoms. The number of anilines is 2. The minimum absolute atomic E-state index is 0.167. The zero-order valence-electron chi connectivity index (χ0n) is 15.5. The van der Waals surface area contributed by atoms with E-state index >= 15 is 0 Å². The van der Waals surface area contributed by atoms with Crippen LogP contribution in [-0.2, 0) is 14.4 Å². The predicted octanol–water partition coefficient (Wildman–Crippen LogP) is 2.24. The standard InChI is InChI=1S/C20H19N5O3/c1-12-8-9-15(13(2)10-12)21-16(26)11-24-18-17(22-23-24)19(27)25(20(18)28)14-6-4-3-5-7-14/h3-10,17-18H,11H2,1-2H3,(H,21,26). The van der Waals surface area contributed by atoms with E-state index in [2.05, 4.69) is 15.7 Å². The van der Waals surface area contributed by atoms with Crippen LogP contribution in [-0.4, -0.2) is 41.4 Å². The van der Waals surface area contributed by atoms with Gasteiger partial charge in [0, 0.05) is 5.69 Å².